The fraction of sp³-hybridized carbons (Fsp3) is 0. The zero-order valence-corrected chi connectivity index (χ0v) is 23.8. The highest BCUT2D eigenvalue weighted by Gasteiger charge is 2.21. The molecule has 10 aromatic rings. The molecule has 0 bridgehead atoms. The molecule has 0 saturated carbocycles. The molecule has 6 heteroatoms. The Morgan fingerprint density at radius 3 is 1.84 bits per heavy atom. The van der Waals surface area contributed by atoms with Gasteiger partial charge in [0.25, 0.3) is 0 Å². The van der Waals surface area contributed by atoms with E-state index in [1.54, 1.807) is 0 Å². The maximum absolute atomic E-state index is 6.69. The van der Waals surface area contributed by atoms with Gasteiger partial charge in [0.1, 0.15) is 22.3 Å². The molecule has 0 fully saturated rings. The van der Waals surface area contributed by atoms with Crippen LogP contribution in [0, 0.1) is 0 Å². The molecule has 45 heavy (non-hydrogen) atoms. The Kier molecular flexibility index (Phi) is 4.90. The predicted octanol–water partition coefficient (Wildman–Crippen LogP) is 10.1. The molecule has 0 aliphatic heterocycles. The fourth-order valence-electron chi connectivity index (χ4n) is 6.62. The Bertz CT molecular complexity index is 2700. The number of hydrogen-bond acceptors (Lipinski definition) is 5. The first-order valence-electron chi connectivity index (χ1n) is 14.9. The van der Waals surface area contributed by atoms with Crippen molar-refractivity contribution in [3.05, 3.63) is 133 Å². The summed E-state index contributed by atoms with van der Waals surface area (Å²) in [6.45, 7) is 0. The van der Waals surface area contributed by atoms with Gasteiger partial charge in [-0.25, -0.2) is 4.98 Å². The van der Waals surface area contributed by atoms with Gasteiger partial charge in [-0.15, -0.1) is 0 Å². The standard InChI is InChI=1S/C39H22N4O2/c1-3-11-23(12-4-1)37-40-38(24-13-5-2-6-14-24)42-39(41-37)43-30-17-9-7-15-25(30)28-21-29-26-19-20-33-35(27-16-8-10-18-32(27)44-33)36(26)45-34(29)22-31(28)43/h1-22H. The molecule has 0 spiro atoms. The molecule has 0 saturated heterocycles. The molecule has 0 radical (unpaired) electrons. The van der Waals surface area contributed by atoms with E-state index in [0.29, 0.717) is 17.6 Å². The summed E-state index contributed by atoms with van der Waals surface area (Å²) in [5, 5.41) is 6.36. The minimum Gasteiger partial charge on any atom is -0.456 e. The maximum atomic E-state index is 6.69. The number of furan rings is 2. The van der Waals surface area contributed by atoms with E-state index < -0.39 is 0 Å². The smallest absolute Gasteiger partial charge is 0.238 e. The van der Waals surface area contributed by atoms with E-state index in [9.17, 15) is 0 Å². The topological polar surface area (TPSA) is 69.9 Å². The summed E-state index contributed by atoms with van der Waals surface area (Å²) >= 11 is 0. The number of rotatable bonds is 3. The van der Waals surface area contributed by atoms with Crippen molar-refractivity contribution in [2.45, 2.75) is 0 Å². The summed E-state index contributed by atoms with van der Waals surface area (Å²) < 4.78 is 15.0. The van der Waals surface area contributed by atoms with E-state index in [-0.39, 0.29) is 0 Å². The maximum Gasteiger partial charge on any atom is 0.238 e. The van der Waals surface area contributed by atoms with Gasteiger partial charge in [-0.3, -0.25) is 4.57 Å². The van der Waals surface area contributed by atoms with Gasteiger partial charge in [0, 0.05) is 44.1 Å². The van der Waals surface area contributed by atoms with Gasteiger partial charge in [-0.05, 0) is 30.3 Å². The van der Waals surface area contributed by atoms with Gasteiger partial charge in [-0.1, -0.05) is 97.1 Å². The van der Waals surface area contributed by atoms with Crippen molar-refractivity contribution in [3.63, 3.8) is 0 Å². The summed E-state index contributed by atoms with van der Waals surface area (Å²) in [7, 11) is 0. The van der Waals surface area contributed by atoms with E-state index >= 15 is 0 Å². The molecule has 10 rings (SSSR count). The van der Waals surface area contributed by atoms with Crippen molar-refractivity contribution in [1.29, 1.82) is 0 Å². The Morgan fingerprint density at radius 2 is 1.09 bits per heavy atom. The van der Waals surface area contributed by atoms with Gasteiger partial charge in [0.05, 0.1) is 16.4 Å². The first-order chi connectivity index (χ1) is 22.3. The monoisotopic (exact) mass is 578 g/mol. The Morgan fingerprint density at radius 1 is 0.422 bits per heavy atom. The Labute approximate surface area is 255 Å². The zero-order chi connectivity index (χ0) is 29.5. The lowest BCUT2D eigenvalue weighted by atomic mass is 10.1. The second-order valence-electron chi connectivity index (χ2n) is 11.2. The molecule has 0 unspecified atom stereocenters. The van der Waals surface area contributed by atoms with Gasteiger partial charge in [-0.2, -0.15) is 9.97 Å². The lowest BCUT2D eigenvalue weighted by Gasteiger charge is -2.10. The number of hydrogen-bond donors (Lipinski definition) is 0. The molecule has 4 heterocycles. The summed E-state index contributed by atoms with van der Waals surface area (Å²) in [6.07, 6.45) is 0. The van der Waals surface area contributed by atoms with Crippen LogP contribution >= 0.6 is 0 Å². The number of nitrogens with zero attached hydrogens (tertiary/aromatic N) is 4. The molecular formula is C39H22N4O2. The molecule has 0 amide bonds. The van der Waals surface area contributed by atoms with E-state index in [1.807, 2.05) is 84.9 Å². The number of aromatic nitrogens is 4. The third-order valence-electron chi connectivity index (χ3n) is 8.66. The van der Waals surface area contributed by atoms with Crippen molar-refractivity contribution in [3.8, 4) is 28.7 Å². The molecule has 0 atom stereocenters. The third-order valence-corrected chi connectivity index (χ3v) is 8.66. The number of benzene rings is 6. The predicted molar refractivity (Wildman–Crippen MR) is 180 cm³/mol. The SMILES string of the molecule is c1ccc(-c2nc(-c3ccccc3)nc(-n3c4ccccc4c4cc5c(cc43)oc3c5ccc4oc5ccccc5c43)n2)cc1. The van der Waals surface area contributed by atoms with Crippen molar-refractivity contribution < 1.29 is 8.83 Å². The summed E-state index contributed by atoms with van der Waals surface area (Å²) in [6, 6.07) is 45.1. The van der Waals surface area contributed by atoms with Crippen LogP contribution in [0.1, 0.15) is 0 Å². The molecule has 0 aliphatic carbocycles. The lowest BCUT2D eigenvalue weighted by molar-refractivity contribution is 0.663. The summed E-state index contributed by atoms with van der Waals surface area (Å²) in [4.78, 5) is 15.0. The van der Waals surface area contributed by atoms with E-state index in [0.717, 1.165) is 76.8 Å². The van der Waals surface area contributed by atoms with E-state index in [1.165, 1.54) is 0 Å². The van der Waals surface area contributed by atoms with Gasteiger partial charge in [0.2, 0.25) is 5.95 Å². The largest absolute Gasteiger partial charge is 0.456 e. The van der Waals surface area contributed by atoms with Crippen LogP contribution in [0.2, 0.25) is 0 Å². The zero-order valence-electron chi connectivity index (χ0n) is 23.8. The van der Waals surface area contributed by atoms with Crippen LogP contribution in [0.3, 0.4) is 0 Å². The van der Waals surface area contributed by atoms with Crippen LogP contribution in [0.5, 0.6) is 0 Å². The van der Waals surface area contributed by atoms with Crippen LogP contribution in [0.15, 0.2) is 142 Å². The van der Waals surface area contributed by atoms with Gasteiger partial charge < -0.3 is 8.83 Å². The Hall–Kier alpha value is -6.27. The van der Waals surface area contributed by atoms with Crippen LogP contribution in [-0.2, 0) is 0 Å². The van der Waals surface area contributed by atoms with Crippen LogP contribution in [-0.4, -0.2) is 19.5 Å². The average molecular weight is 579 g/mol. The highest BCUT2D eigenvalue weighted by Crippen LogP contribution is 2.42. The second-order valence-corrected chi connectivity index (χ2v) is 11.2. The van der Waals surface area contributed by atoms with Crippen molar-refractivity contribution in [1.82, 2.24) is 19.5 Å². The quantitative estimate of drug-likeness (QED) is 0.209. The third kappa shape index (κ3) is 3.53. The molecule has 6 nitrogen and oxygen atoms in total. The molecule has 4 aromatic heterocycles. The van der Waals surface area contributed by atoms with E-state index in [4.69, 9.17) is 23.8 Å². The highest BCUT2D eigenvalue weighted by atomic mass is 16.3. The van der Waals surface area contributed by atoms with Crippen LogP contribution in [0.25, 0.3) is 94.4 Å². The van der Waals surface area contributed by atoms with E-state index in [2.05, 4.69) is 53.1 Å². The van der Waals surface area contributed by atoms with Crippen LogP contribution < -0.4 is 0 Å². The molecule has 210 valence electrons. The lowest BCUT2D eigenvalue weighted by Crippen LogP contribution is -2.06. The molecule has 6 aromatic carbocycles. The second kappa shape index (κ2) is 9.11. The molecule has 0 aliphatic rings. The summed E-state index contributed by atoms with van der Waals surface area (Å²) in [5.41, 5.74) is 7.10. The van der Waals surface area contributed by atoms with Gasteiger partial charge >= 0.3 is 0 Å². The van der Waals surface area contributed by atoms with Crippen LogP contribution in [0.4, 0.5) is 0 Å². The normalized spacial score (nSPS) is 12.0. The average Bonchev–Trinajstić information content (AvgIpc) is 3.76. The Balaban J connectivity index is 1.30. The van der Waals surface area contributed by atoms with Gasteiger partial charge in [0.15, 0.2) is 11.6 Å². The minimum absolute atomic E-state index is 0.549. The minimum atomic E-state index is 0.549. The molecular weight excluding hydrogens is 556 g/mol. The van der Waals surface area contributed by atoms with Crippen molar-refractivity contribution >= 4 is 65.7 Å². The van der Waals surface area contributed by atoms with Crippen molar-refractivity contribution in [2.24, 2.45) is 0 Å². The first-order valence-corrected chi connectivity index (χ1v) is 14.9. The highest BCUT2D eigenvalue weighted by molar-refractivity contribution is 6.24. The molecule has 0 N–H and O–H groups in total. The summed E-state index contributed by atoms with van der Waals surface area (Å²) in [5.74, 6) is 1.78. The number of fused-ring (bicyclic) bond motifs is 10. The van der Waals surface area contributed by atoms with Crippen molar-refractivity contribution in [2.75, 3.05) is 0 Å². The number of para-hydroxylation sites is 2. The first kappa shape index (κ1) is 24.2. The fourth-order valence-corrected chi connectivity index (χ4v) is 6.62.